The summed E-state index contributed by atoms with van der Waals surface area (Å²) >= 11 is 0. The maximum atomic E-state index is 12.2. The normalized spacial score (nSPS) is 15.0. The van der Waals surface area contributed by atoms with Crippen molar-refractivity contribution >= 4 is 17.6 Å². The third-order valence-corrected chi connectivity index (χ3v) is 3.81. The van der Waals surface area contributed by atoms with Crippen molar-refractivity contribution in [2.45, 2.75) is 79.4 Å². The Labute approximate surface area is 134 Å². The lowest BCUT2D eigenvalue weighted by atomic mass is 9.98. The van der Waals surface area contributed by atoms with Crippen LogP contribution in [-0.4, -0.2) is 29.7 Å². The number of hydrogen-bond donors (Lipinski definition) is 2. The van der Waals surface area contributed by atoms with Gasteiger partial charge >= 0.3 is 5.97 Å². The molecule has 22 heavy (non-hydrogen) atoms. The predicted molar refractivity (Wildman–Crippen MR) is 89.0 cm³/mol. The lowest BCUT2D eigenvalue weighted by molar-refractivity contribution is -0.152. The van der Waals surface area contributed by atoms with Gasteiger partial charge in [-0.3, -0.25) is 4.79 Å². The van der Waals surface area contributed by atoms with Crippen LogP contribution in [0.5, 0.6) is 0 Å². The van der Waals surface area contributed by atoms with Crippen LogP contribution >= 0.6 is 0 Å². The highest BCUT2D eigenvalue weighted by atomic mass is 16.5. The van der Waals surface area contributed by atoms with E-state index < -0.39 is 18.1 Å². The van der Waals surface area contributed by atoms with E-state index in [4.69, 9.17) is 10.1 Å². The van der Waals surface area contributed by atoms with Crippen LogP contribution < -0.4 is 5.32 Å². The number of ether oxygens (including phenoxy) is 1. The Morgan fingerprint density at radius 2 is 1.73 bits per heavy atom. The van der Waals surface area contributed by atoms with Gasteiger partial charge in [-0.2, -0.15) is 0 Å². The van der Waals surface area contributed by atoms with Crippen LogP contribution in [0.1, 0.15) is 67.2 Å². The van der Waals surface area contributed by atoms with Crippen LogP contribution in [0.2, 0.25) is 0 Å². The fraction of sp³-hybridized carbons (Fsp3) is 0.824. The zero-order valence-electron chi connectivity index (χ0n) is 14.9. The van der Waals surface area contributed by atoms with E-state index in [1.54, 1.807) is 6.92 Å². The molecule has 0 rings (SSSR count). The Balaban J connectivity index is 4.63. The molecule has 5 nitrogen and oxygen atoms in total. The van der Waals surface area contributed by atoms with E-state index in [0.29, 0.717) is 24.5 Å². The van der Waals surface area contributed by atoms with E-state index in [9.17, 15) is 9.59 Å². The summed E-state index contributed by atoms with van der Waals surface area (Å²) in [4.78, 5) is 24.1. The average Bonchev–Trinajstić information content (AvgIpc) is 2.46. The number of esters is 1. The minimum absolute atomic E-state index is 0.0931. The Kier molecular flexibility index (Phi) is 9.70. The minimum Gasteiger partial charge on any atom is -0.454 e. The van der Waals surface area contributed by atoms with Crippen molar-refractivity contribution in [3.8, 4) is 0 Å². The molecule has 0 heterocycles. The lowest BCUT2D eigenvalue weighted by Crippen LogP contribution is -2.44. The quantitative estimate of drug-likeness (QED) is 0.480. The highest BCUT2D eigenvalue weighted by molar-refractivity contribution is 5.88. The van der Waals surface area contributed by atoms with Crippen LogP contribution in [0.3, 0.4) is 0 Å². The van der Waals surface area contributed by atoms with Crippen molar-refractivity contribution < 1.29 is 14.3 Å². The van der Waals surface area contributed by atoms with Crippen molar-refractivity contribution in [1.29, 1.82) is 5.41 Å². The first-order valence-corrected chi connectivity index (χ1v) is 8.27. The molecule has 0 aromatic carbocycles. The number of hydrogen-bond acceptors (Lipinski definition) is 4. The highest BCUT2D eigenvalue weighted by Crippen LogP contribution is 2.14. The summed E-state index contributed by atoms with van der Waals surface area (Å²) in [6.07, 6.45) is 2.01. The zero-order valence-corrected chi connectivity index (χ0v) is 14.9. The standard InChI is InChI=1S/C17H32N2O3/c1-7-12(5)16(13(6)18)22-17(21)14(8-2)19-15(20)10-9-11(3)4/h11-12,14,16,18H,7-10H2,1-6H3,(H,19,20). The van der Waals surface area contributed by atoms with E-state index in [1.165, 1.54) is 0 Å². The molecule has 0 spiro atoms. The molecular weight excluding hydrogens is 280 g/mol. The second-order valence-corrected chi connectivity index (χ2v) is 6.39. The summed E-state index contributed by atoms with van der Waals surface area (Å²) in [7, 11) is 0. The van der Waals surface area contributed by atoms with Gasteiger partial charge in [0.15, 0.2) is 0 Å². The van der Waals surface area contributed by atoms with Crippen LogP contribution in [0.4, 0.5) is 0 Å². The van der Waals surface area contributed by atoms with Gasteiger partial charge in [-0.1, -0.05) is 34.6 Å². The summed E-state index contributed by atoms with van der Waals surface area (Å²) in [6.45, 7) is 11.6. The van der Waals surface area contributed by atoms with E-state index in [2.05, 4.69) is 19.2 Å². The average molecular weight is 312 g/mol. The fourth-order valence-electron chi connectivity index (χ4n) is 2.07. The minimum atomic E-state index is -0.634. The van der Waals surface area contributed by atoms with E-state index in [-0.39, 0.29) is 11.8 Å². The van der Waals surface area contributed by atoms with Crippen LogP contribution in [0, 0.1) is 17.2 Å². The molecule has 0 bridgehead atoms. The Bertz CT molecular complexity index is 380. The summed E-state index contributed by atoms with van der Waals surface area (Å²) in [6, 6.07) is -0.634. The van der Waals surface area contributed by atoms with Crippen LogP contribution in [0.25, 0.3) is 0 Å². The summed E-state index contributed by atoms with van der Waals surface area (Å²) in [5.41, 5.74) is 0.337. The molecule has 0 aromatic heterocycles. The second kappa shape index (κ2) is 10.4. The highest BCUT2D eigenvalue weighted by Gasteiger charge is 2.27. The molecule has 2 N–H and O–H groups in total. The van der Waals surface area contributed by atoms with Crippen molar-refractivity contribution in [3.05, 3.63) is 0 Å². The summed E-state index contributed by atoms with van der Waals surface area (Å²) in [5, 5.41) is 10.5. The van der Waals surface area contributed by atoms with E-state index in [1.807, 2.05) is 20.8 Å². The maximum absolute atomic E-state index is 12.2. The van der Waals surface area contributed by atoms with Gasteiger partial charge in [0.05, 0.1) is 0 Å². The predicted octanol–water partition coefficient (Wildman–Crippen LogP) is 3.31. The van der Waals surface area contributed by atoms with Crippen LogP contribution in [-0.2, 0) is 14.3 Å². The molecule has 0 aliphatic rings. The molecule has 3 atom stereocenters. The number of carbonyl (C=O) groups excluding carboxylic acids is 2. The van der Waals surface area contributed by atoms with Crippen molar-refractivity contribution in [2.24, 2.45) is 11.8 Å². The molecule has 0 fully saturated rings. The zero-order chi connectivity index (χ0) is 17.3. The van der Waals surface area contributed by atoms with Crippen molar-refractivity contribution in [1.82, 2.24) is 5.32 Å². The molecule has 128 valence electrons. The molecule has 0 aliphatic heterocycles. The van der Waals surface area contributed by atoms with Gasteiger partial charge in [0.1, 0.15) is 12.1 Å². The largest absolute Gasteiger partial charge is 0.454 e. The van der Waals surface area contributed by atoms with Gasteiger partial charge in [-0.05, 0) is 38.0 Å². The molecule has 0 radical (unpaired) electrons. The van der Waals surface area contributed by atoms with Gasteiger partial charge in [0, 0.05) is 12.1 Å². The molecule has 0 saturated heterocycles. The molecular formula is C17H32N2O3. The number of amides is 1. The first kappa shape index (κ1) is 20.6. The summed E-state index contributed by atoms with van der Waals surface area (Å²) in [5.74, 6) is -0.0230. The van der Waals surface area contributed by atoms with E-state index in [0.717, 1.165) is 12.8 Å². The molecule has 3 unspecified atom stereocenters. The van der Waals surface area contributed by atoms with E-state index >= 15 is 0 Å². The topological polar surface area (TPSA) is 79.2 Å². The van der Waals surface area contributed by atoms with Gasteiger partial charge in [0.25, 0.3) is 0 Å². The third-order valence-electron chi connectivity index (χ3n) is 3.81. The van der Waals surface area contributed by atoms with Gasteiger partial charge in [-0.15, -0.1) is 0 Å². The van der Waals surface area contributed by atoms with Crippen LogP contribution in [0.15, 0.2) is 0 Å². The third kappa shape index (κ3) is 7.57. The van der Waals surface area contributed by atoms with Gasteiger partial charge in [-0.25, -0.2) is 4.79 Å². The maximum Gasteiger partial charge on any atom is 0.329 e. The fourth-order valence-corrected chi connectivity index (χ4v) is 2.07. The Morgan fingerprint density at radius 3 is 2.14 bits per heavy atom. The first-order valence-electron chi connectivity index (χ1n) is 8.27. The van der Waals surface area contributed by atoms with Crippen molar-refractivity contribution in [3.63, 3.8) is 0 Å². The van der Waals surface area contributed by atoms with Crippen molar-refractivity contribution in [2.75, 3.05) is 0 Å². The lowest BCUT2D eigenvalue weighted by Gasteiger charge is -2.25. The first-order chi connectivity index (χ1) is 10.2. The summed E-state index contributed by atoms with van der Waals surface area (Å²) < 4.78 is 5.47. The molecule has 0 saturated carbocycles. The molecule has 0 aromatic rings. The van der Waals surface area contributed by atoms with Gasteiger partial charge < -0.3 is 15.5 Å². The Morgan fingerprint density at radius 1 is 1.14 bits per heavy atom. The second-order valence-electron chi connectivity index (χ2n) is 6.39. The molecule has 1 amide bonds. The molecule has 5 heteroatoms. The number of nitrogens with one attached hydrogen (secondary N) is 2. The SMILES string of the molecule is CCC(NC(=O)CCC(C)C)C(=O)OC(C(C)=N)C(C)CC. The monoisotopic (exact) mass is 312 g/mol. The van der Waals surface area contributed by atoms with Gasteiger partial charge in [0.2, 0.25) is 5.91 Å². The number of rotatable bonds is 10. The smallest absolute Gasteiger partial charge is 0.329 e. The number of carbonyl (C=O) groups is 2. The molecule has 0 aliphatic carbocycles. The Hall–Kier alpha value is -1.39.